The lowest BCUT2D eigenvalue weighted by molar-refractivity contribution is 0.102. The molecule has 7 nitrogen and oxygen atoms in total. The molecule has 3 aromatic rings. The second-order valence-corrected chi connectivity index (χ2v) is 6.67. The van der Waals surface area contributed by atoms with Gasteiger partial charge in [-0.3, -0.25) is 10.1 Å². The average Bonchev–Trinajstić information content (AvgIpc) is 2.99. The molecule has 2 N–H and O–H groups in total. The zero-order chi connectivity index (χ0) is 17.4. The van der Waals surface area contributed by atoms with E-state index in [9.17, 15) is 4.79 Å². The predicted octanol–water partition coefficient (Wildman–Crippen LogP) is 3.41. The average molecular weight is 377 g/mol. The summed E-state index contributed by atoms with van der Waals surface area (Å²) in [5, 5.41) is 6.38. The van der Waals surface area contributed by atoms with Crippen LogP contribution in [0.1, 0.15) is 10.4 Å². The van der Waals surface area contributed by atoms with E-state index in [1.807, 2.05) is 12.1 Å². The zero-order valence-electron chi connectivity index (χ0n) is 13.1. The molecule has 1 aliphatic rings. The minimum Gasteiger partial charge on any atom is -0.486 e. The van der Waals surface area contributed by atoms with Gasteiger partial charge in [0.15, 0.2) is 16.6 Å². The highest BCUT2D eigenvalue weighted by molar-refractivity contribution is 7.22. The number of carbonyl (C=O) groups excluding carboxylic acids is 1. The fraction of sp³-hybridized carbons (Fsp3) is 0.188. The van der Waals surface area contributed by atoms with Gasteiger partial charge in [-0.25, -0.2) is 9.97 Å². The summed E-state index contributed by atoms with van der Waals surface area (Å²) in [5.41, 5.74) is 1.14. The molecule has 0 spiro atoms. The number of amides is 1. The van der Waals surface area contributed by atoms with Crippen molar-refractivity contribution in [2.45, 2.75) is 0 Å². The van der Waals surface area contributed by atoms with Crippen LogP contribution in [0.4, 0.5) is 10.9 Å². The molecule has 1 aliphatic heterocycles. The van der Waals surface area contributed by atoms with E-state index in [-0.39, 0.29) is 11.1 Å². The number of hydrogen-bond acceptors (Lipinski definition) is 7. The molecular formula is C16H13ClN4O3S. The maximum Gasteiger partial charge on any atom is 0.257 e. The Bertz CT molecular complexity index is 932. The number of anilines is 2. The Morgan fingerprint density at radius 1 is 1.16 bits per heavy atom. The first-order valence-electron chi connectivity index (χ1n) is 7.49. The molecule has 2 aromatic heterocycles. The topological polar surface area (TPSA) is 85.4 Å². The number of carbonyl (C=O) groups is 1. The summed E-state index contributed by atoms with van der Waals surface area (Å²) in [6.45, 7) is 1.04. The number of thiazole rings is 1. The van der Waals surface area contributed by atoms with E-state index < -0.39 is 0 Å². The third kappa shape index (κ3) is 3.18. The number of aromatic nitrogens is 2. The molecule has 0 atom stereocenters. The monoisotopic (exact) mass is 376 g/mol. The van der Waals surface area contributed by atoms with Crippen molar-refractivity contribution < 1.29 is 14.3 Å². The number of nitrogens with one attached hydrogen (secondary N) is 2. The Kier molecular flexibility index (Phi) is 4.06. The number of pyridine rings is 1. The largest absolute Gasteiger partial charge is 0.486 e. The van der Waals surface area contributed by atoms with Crippen LogP contribution in [0.2, 0.25) is 5.15 Å². The number of nitrogens with zero attached hydrogens (tertiary/aromatic N) is 2. The van der Waals surface area contributed by atoms with Gasteiger partial charge in [-0.05, 0) is 12.1 Å². The molecule has 4 rings (SSSR count). The molecule has 9 heteroatoms. The van der Waals surface area contributed by atoms with Crippen molar-refractivity contribution in [1.82, 2.24) is 9.97 Å². The maximum absolute atomic E-state index is 12.5. The predicted molar refractivity (Wildman–Crippen MR) is 97.4 cm³/mol. The van der Waals surface area contributed by atoms with Crippen molar-refractivity contribution in [3.63, 3.8) is 0 Å². The number of hydrogen-bond donors (Lipinski definition) is 2. The van der Waals surface area contributed by atoms with Crippen molar-refractivity contribution in [2.24, 2.45) is 0 Å². The molecule has 0 unspecified atom stereocenters. The molecule has 25 heavy (non-hydrogen) atoms. The van der Waals surface area contributed by atoms with E-state index >= 15 is 0 Å². The molecule has 0 bridgehead atoms. The Morgan fingerprint density at radius 3 is 2.68 bits per heavy atom. The minimum absolute atomic E-state index is 0.239. The van der Waals surface area contributed by atoms with E-state index in [4.69, 9.17) is 21.1 Å². The SMILES string of the molecule is CNc1cc(C(=O)Nc2nc3cc4c(cc3s2)OCCO4)cc(Cl)n1. The van der Waals surface area contributed by atoms with Gasteiger partial charge in [0.1, 0.15) is 24.2 Å². The van der Waals surface area contributed by atoms with Gasteiger partial charge >= 0.3 is 0 Å². The van der Waals surface area contributed by atoms with Gasteiger partial charge in [-0.1, -0.05) is 22.9 Å². The molecular weight excluding hydrogens is 364 g/mol. The Balaban J connectivity index is 1.62. The van der Waals surface area contributed by atoms with Crippen LogP contribution in [0.15, 0.2) is 24.3 Å². The first kappa shape index (κ1) is 15.9. The van der Waals surface area contributed by atoms with Crippen LogP contribution in [0.25, 0.3) is 10.2 Å². The fourth-order valence-corrected chi connectivity index (χ4v) is 3.52. The maximum atomic E-state index is 12.5. The standard InChI is InChI=1S/C16H13ClN4O3S/c1-18-14-5-8(4-13(17)20-14)15(22)21-16-19-9-6-10-11(7-12(9)25-16)24-3-2-23-10/h4-7H,2-3H2,1H3,(H,18,20)(H,19,21,22). The molecule has 0 aliphatic carbocycles. The summed E-state index contributed by atoms with van der Waals surface area (Å²) < 4.78 is 12.0. The number of halogens is 1. The summed E-state index contributed by atoms with van der Waals surface area (Å²) in [6, 6.07) is 6.82. The van der Waals surface area contributed by atoms with Crippen LogP contribution in [0.5, 0.6) is 11.5 Å². The summed E-state index contributed by atoms with van der Waals surface area (Å²) >= 11 is 7.31. The van der Waals surface area contributed by atoms with Crippen LogP contribution in [0.3, 0.4) is 0 Å². The minimum atomic E-state index is -0.308. The van der Waals surface area contributed by atoms with Gasteiger partial charge in [0.25, 0.3) is 5.91 Å². The lowest BCUT2D eigenvalue weighted by Gasteiger charge is -2.17. The van der Waals surface area contributed by atoms with Gasteiger partial charge in [-0.15, -0.1) is 0 Å². The molecule has 3 heterocycles. The van der Waals surface area contributed by atoms with Crippen LogP contribution in [0, 0.1) is 0 Å². The summed E-state index contributed by atoms with van der Waals surface area (Å²) in [5.74, 6) is 1.57. The Hall–Kier alpha value is -2.58. The normalized spacial score (nSPS) is 12.9. The van der Waals surface area contributed by atoms with Crippen molar-refractivity contribution >= 4 is 50.0 Å². The van der Waals surface area contributed by atoms with E-state index in [1.165, 1.54) is 17.4 Å². The molecule has 0 radical (unpaired) electrons. The highest BCUT2D eigenvalue weighted by Crippen LogP contribution is 2.37. The smallest absolute Gasteiger partial charge is 0.257 e. The van der Waals surface area contributed by atoms with Crippen molar-refractivity contribution in [2.75, 3.05) is 30.9 Å². The van der Waals surface area contributed by atoms with Gasteiger partial charge in [0, 0.05) is 24.7 Å². The molecule has 128 valence electrons. The van der Waals surface area contributed by atoms with Crippen molar-refractivity contribution in [3.05, 3.63) is 35.0 Å². The molecule has 1 aromatic carbocycles. The fourth-order valence-electron chi connectivity index (χ4n) is 2.44. The van der Waals surface area contributed by atoms with Crippen LogP contribution < -0.4 is 20.1 Å². The molecule has 0 saturated carbocycles. The number of ether oxygens (including phenoxy) is 2. The molecule has 0 saturated heterocycles. The summed E-state index contributed by atoms with van der Waals surface area (Å²) in [4.78, 5) is 21.0. The summed E-state index contributed by atoms with van der Waals surface area (Å²) in [6.07, 6.45) is 0. The number of benzene rings is 1. The third-order valence-corrected chi connectivity index (χ3v) is 4.71. The number of rotatable bonds is 3. The Morgan fingerprint density at radius 2 is 1.92 bits per heavy atom. The van der Waals surface area contributed by atoms with E-state index in [2.05, 4.69) is 20.6 Å². The van der Waals surface area contributed by atoms with E-state index in [0.29, 0.717) is 41.2 Å². The van der Waals surface area contributed by atoms with Gasteiger partial charge in [-0.2, -0.15) is 0 Å². The second-order valence-electron chi connectivity index (χ2n) is 5.25. The highest BCUT2D eigenvalue weighted by atomic mass is 35.5. The lowest BCUT2D eigenvalue weighted by Crippen LogP contribution is -2.15. The first-order valence-corrected chi connectivity index (χ1v) is 8.69. The van der Waals surface area contributed by atoms with E-state index in [0.717, 1.165) is 10.2 Å². The van der Waals surface area contributed by atoms with Gasteiger partial charge < -0.3 is 14.8 Å². The Labute approximate surface area is 151 Å². The third-order valence-electron chi connectivity index (χ3n) is 3.59. The lowest BCUT2D eigenvalue weighted by atomic mass is 10.2. The van der Waals surface area contributed by atoms with Crippen LogP contribution in [-0.2, 0) is 0 Å². The second kappa shape index (κ2) is 6.38. The van der Waals surface area contributed by atoms with Gasteiger partial charge in [0.05, 0.1) is 10.2 Å². The van der Waals surface area contributed by atoms with E-state index in [1.54, 1.807) is 13.1 Å². The van der Waals surface area contributed by atoms with Crippen LogP contribution >= 0.6 is 22.9 Å². The van der Waals surface area contributed by atoms with Gasteiger partial charge in [0.2, 0.25) is 0 Å². The van der Waals surface area contributed by atoms with Crippen LogP contribution in [-0.4, -0.2) is 36.1 Å². The first-order chi connectivity index (χ1) is 12.1. The summed E-state index contributed by atoms with van der Waals surface area (Å²) in [7, 11) is 1.71. The molecule has 0 fully saturated rings. The van der Waals surface area contributed by atoms with Crippen molar-refractivity contribution in [1.29, 1.82) is 0 Å². The number of fused-ring (bicyclic) bond motifs is 2. The highest BCUT2D eigenvalue weighted by Gasteiger charge is 2.17. The molecule has 1 amide bonds. The van der Waals surface area contributed by atoms with Crippen molar-refractivity contribution in [3.8, 4) is 11.5 Å². The quantitative estimate of drug-likeness (QED) is 0.681. The zero-order valence-corrected chi connectivity index (χ0v) is 14.7.